The van der Waals surface area contributed by atoms with Crippen molar-refractivity contribution in [3.63, 3.8) is 0 Å². The molecule has 0 saturated heterocycles. The van der Waals surface area contributed by atoms with E-state index in [0.717, 1.165) is 11.6 Å². The van der Waals surface area contributed by atoms with Gasteiger partial charge in [0.1, 0.15) is 0 Å². The van der Waals surface area contributed by atoms with Crippen molar-refractivity contribution in [3.8, 4) is 17.3 Å². The maximum atomic E-state index is 13.1. The lowest BCUT2D eigenvalue weighted by Crippen LogP contribution is -2.23. The number of aromatic nitrogens is 5. The number of fused-ring (bicyclic) bond motifs is 1. The van der Waals surface area contributed by atoms with Gasteiger partial charge in [-0.1, -0.05) is 6.07 Å². The molecule has 1 aliphatic carbocycles. The molecule has 3 heterocycles. The summed E-state index contributed by atoms with van der Waals surface area (Å²) in [6.45, 7) is 0. The summed E-state index contributed by atoms with van der Waals surface area (Å²) < 4.78 is 40.8. The molecule has 11 heteroatoms. The minimum absolute atomic E-state index is 0.0771. The van der Waals surface area contributed by atoms with Gasteiger partial charge in [-0.05, 0) is 42.0 Å². The molecule has 3 aromatic heterocycles. The zero-order chi connectivity index (χ0) is 22.6. The monoisotopic (exact) mass is 438 g/mol. The van der Waals surface area contributed by atoms with Crippen LogP contribution in [0.15, 0.2) is 52.4 Å². The van der Waals surface area contributed by atoms with Crippen LogP contribution in [0.1, 0.15) is 40.5 Å². The second kappa shape index (κ2) is 6.91. The van der Waals surface area contributed by atoms with Crippen molar-refractivity contribution in [2.75, 3.05) is 0 Å². The number of halogens is 3. The van der Waals surface area contributed by atoms with Gasteiger partial charge in [0.25, 0.3) is 5.56 Å². The third kappa shape index (κ3) is 3.26. The van der Waals surface area contributed by atoms with Gasteiger partial charge in [-0.3, -0.25) is 9.78 Å². The maximum Gasteiger partial charge on any atom is 0.417 e. The fraction of sp³-hybridized carbons (Fsp3) is 0.190. The van der Waals surface area contributed by atoms with E-state index in [4.69, 9.17) is 0 Å². The summed E-state index contributed by atoms with van der Waals surface area (Å²) in [5.74, 6) is -0.180. The van der Waals surface area contributed by atoms with Crippen LogP contribution < -0.4 is 11.2 Å². The molecule has 1 saturated carbocycles. The van der Waals surface area contributed by atoms with Crippen molar-refractivity contribution in [2.24, 2.45) is 0 Å². The fourth-order valence-electron chi connectivity index (χ4n) is 3.98. The lowest BCUT2D eigenvalue weighted by molar-refractivity contribution is -0.137. The Hall–Kier alpha value is -4.20. The van der Waals surface area contributed by atoms with E-state index in [9.17, 15) is 28.0 Å². The Labute approximate surface area is 177 Å². The summed E-state index contributed by atoms with van der Waals surface area (Å²) in [5, 5.41) is 13.6. The molecule has 0 spiro atoms. The van der Waals surface area contributed by atoms with Crippen molar-refractivity contribution in [1.29, 1.82) is 5.26 Å². The number of nitriles is 1. The van der Waals surface area contributed by atoms with Crippen LogP contribution in [0.2, 0.25) is 0 Å². The topological polar surface area (TPSA) is 120 Å². The summed E-state index contributed by atoms with van der Waals surface area (Å²) in [7, 11) is 0. The molecule has 1 fully saturated rings. The normalized spacial score (nSPS) is 17.9. The highest BCUT2D eigenvalue weighted by atomic mass is 19.4. The summed E-state index contributed by atoms with van der Waals surface area (Å²) in [6.07, 6.45) is 0.486. The first kappa shape index (κ1) is 19.7. The lowest BCUT2D eigenvalue weighted by atomic mass is 9.99. The SMILES string of the molecule is N#Cc1cc([C@H]2C[C@@H]2c2cc(-c3c[nH]c(=O)[nH]c3=O)nn3ccnc23)ccc1C(F)(F)F. The van der Waals surface area contributed by atoms with E-state index in [0.29, 0.717) is 23.3 Å². The predicted octanol–water partition coefficient (Wildman–Crippen LogP) is 2.93. The third-order valence-electron chi connectivity index (χ3n) is 5.57. The van der Waals surface area contributed by atoms with Crippen LogP contribution >= 0.6 is 0 Å². The van der Waals surface area contributed by atoms with Gasteiger partial charge in [0, 0.05) is 24.2 Å². The van der Waals surface area contributed by atoms with E-state index in [2.05, 4.69) is 20.1 Å². The Balaban J connectivity index is 1.56. The van der Waals surface area contributed by atoms with Crippen LogP contribution in [-0.2, 0) is 6.18 Å². The van der Waals surface area contributed by atoms with Gasteiger partial charge in [0.2, 0.25) is 0 Å². The highest BCUT2D eigenvalue weighted by Gasteiger charge is 2.42. The van der Waals surface area contributed by atoms with Crippen LogP contribution in [0.5, 0.6) is 0 Å². The van der Waals surface area contributed by atoms with Gasteiger partial charge in [-0.15, -0.1) is 0 Å². The summed E-state index contributed by atoms with van der Waals surface area (Å²) in [6, 6.07) is 6.95. The molecule has 32 heavy (non-hydrogen) atoms. The van der Waals surface area contributed by atoms with Gasteiger partial charge >= 0.3 is 11.9 Å². The molecule has 1 aromatic carbocycles. The summed E-state index contributed by atoms with van der Waals surface area (Å²) in [4.78, 5) is 32.4. The van der Waals surface area contributed by atoms with E-state index in [1.54, 1.807) is 24.5 Å². The number of hydrogen-bond acceptors (Lipinski definition) is 5. The Morgan fingerprint density at radius 1 is 1.19 bits per heavy atom. The molecule has 0 aliphatic heterocycles. The number of nitrogens with zero attached hydrogens (tertiary/aromatic N) is 4. The van der Waals surface area contributed by atoms with Gasteiger partial charge in [-0.25, -0.2) is 14.3 Å². The average molecular weight is 438 g/mol. The van der Waals surface area contributed by atoms with E-state index < -0.39 is 28.6 Å². The van der Waals surface area contributed by atoms with Crippen molar-refractivity contribution >= 4 is 5.65 Å². The van der Waals surface area contributed by atoms with Crippen LogP contribution in [0, 0.1) is 11.3 Å². The Bertz CT molecular complexity index is 1530. The lowest BCUT2D eigenvalue weighted by Gasteiger charge is -2.11. The average Bonchev–Trinajstić information content (AvgIpc) is 3.40. The molecule has 8 nitrogen and oxygen atoms in total. The summed E-state index contributed by atoms with van der Waals surface area (Å²) >= 11 is 0. The molecule has 0 radical (unpaired) electrons. The Morgan fingerprint density at radius 3 is 2.72 bits per heavy atom. The maximum absolute atomic E-state index is 13.1. The highest BCUT2D eigenvalue weighted by molar-refractivity contribution is 5.63. The fourth-order valence-corrected chi connectivity index (χ4v) is 3.98. The number of imidazole rings is 1. The molecule has 160 valence electrons. The zero-order valence-corrected chi connectivity index (χ0v) is 16.1. The molecule has 0 unspecified atom stereocenters. The second-order valence-corrected chi connectivity index (χ2v) is 7.53. The van der Waals surface area contributed by atoms with Crippen LogP contribution in [0.3, 0.4) is 0 Å². The first-order valence-electron chi connectivity index (χ1n) is 9.54. The van der Waals surface area contributed by atoms with Gasteiger partial charge in [0.15, 0.2) is 5.65 Å². The number of H-pyrrole nitrogens is 2. The minimum atomic E-state index is -4.60. The number of hydrogen-bond donors (Lipinski definition) is 2. The first-order chi connectivity index (χ1) is 15.3. The molecule has 2 N–H and O–H groups in total. The highest BCUT2D eigenvalue weighted by Crippen LogP contribution is 2.56. The molecule has 2 atom stereocenters. The van der Waals surface area contributed by atoms with E-state index in [1.807, 2.05) is 0 Å². The largest absolute Gasteiger partial charge is 0.417 e. The zero-order valence-electron chi connectivity index (χ0n) is 16.1. The van der Waals surface area contributed by atoms with Crippen molar-refractivity contribution in [2.45, 2.75) is 24.4 Å². The number of rotatable bonds is 3. The standard InChI is InChI=1S/C21H13F3N6O2/c22-21(23,24)16-2-1-10(5-11(16)8-25)12-6-13(12)14-7-17(29-30-4-3-26-18(14)30)15-9-27-20(32)28-19(15)31/h1-5,7,9,12-13H,6H2,(H2,27,28,31,32)/t12-,13+/m1/s1. The molecular weight excluding hydrogens is 425 g/mol. The number of nitrogens with one attached hydrogen (secondary N) is 2. The van der Waals surface area contributed by atoms with E-state index in [-0.39, 0.29) is 17.4 Å². The van der Waals surface area contributed by atoms with Crippen LogP contribution in [0.4, 0.5) is 13.2 Å². The van der Waals surface area contributed by atoms with Crippen molar-refractivity contribution in [3.05, 3.63) is 85.9 Å². The molecule has 5 rings (SSSR count). The third-order valence-corrected chi connectivity index (χ3v) is 5.57. The molecular formula is C21H13F3N6O2. The van der Waals surface area contributed by atoms with E-state index in [1.165, 1.54) is 22.8 Å². The molecule has 0 amide bonds. The van der Waals surface area contributed by atoms with Crippen LogP contribution in [-0.4, -0.2) is 24.6 Å². The number of aromatic amines is 2. The van der Waals surface area contributed by atoms with Crippen LogP contribution in [0.25, 0.3) is 16.9 Å². The van der Waals surface area contributed by atoms with Gasteiger partial charge in [-0.2, -0.15) is 23.5 Å². The van der Waals surface area contributed by atoms with Gasteiger partial charge < -0.3 is 4.98 Å². The summed E-state index contributed by atoms with van der Waals surface area (Å²) in [5.41, 5.74) is -0.158. The Kier molecular flexibility index (Phi) is 4.27. The molecule has 4 aromatic rings. The molecule has 0 bridgehead atoms. The van der Waals surface area contributed by atoms with Gasteiger partial charge in [0.05, 0.1) is 28.5 Å². The first-order valence-corrected chi connectivity index (χ1v) is 9.54. The second-order valence-electron chi connectivity index (χ2n) is 7.53. The predicted molar refractivity (Wildman–Crippen MR) is 106 cm³/mol. The molecule has 1 aliphatic rings. The number of benzene rings is 1. The number of alkyl halides is 3. The smallest absolute Gasteiger partial charge is 0.313 e. The minimum Gasteiger partial charge on any atom is -0.313 e. The van der Waals surface area contributed by atoms with Crippen molar-refractivity contribution in [1.82, 2.24) is 24.6 Å². The van der Waals surface area contributed by atoms with E-state index >= 15 is 0 Å². The van der Waals surface area contributed by atoms with Crippen molar-refractivity contribution < 1.29 is 13.2 Å². The Morgan fingerprint density at radius 2 is 2.00 bits per heavy atom. The quantitative estimate of drug-likeness (QED) is 0.510.